The van der Waals surface area contributed by atoms with Gasteiger partial charge in [0.25, 0.3) is 5.91 Å². The Morgan fingerprint density at radius 2 is 1.69 bits per heavy atom. The van der Waals surface area contributed by atoms with Gasteiger partial charge in [-0.3, -0.25) is 34.7 Å². The van der Waals surface area contributed by atoms with Crippen LogP contribution < -0.4 is 31.1 Å². The number of nitrogens with one attached hydrogen (secondary N) is 4. The minimum absolute atomic E-state index is 0.0439. The maximum absolute atomic E-state index is 14.1. The zero-order valence-corrected chi connectivity index (χ0v) is 38.5. The van der Waals surface area contributed by atoms with Crippen molar-refractivity contribution in [1.29, 1.82) is 0 Å². The van der Waals surface area contributed by atoms with Gasteiger partial charge in [0.15, 0.2) is 10.8 Å². The topological polar surface area (TPSA) is 227 Å². The van der Waals surface area contributed by atoms with E-state index in [2.05, 4.69) is 45.9 Å². The maximum Gasteiger partial charge on any atom is 0.348 e. The van der Waals surface area contributed by atoms with Gasteiger partial charge in [0.2, 0.25) is 11.8 Å². The standard InChI is InChI=1S/C46H52FN13O7S/c1-30-45(60(64)65)68-46(51-30)54-44(63)35-12-11-34(27-37(35)52-31(2)61)48-15-22-66-24-25-67-23-16-49-43(62)29-56-18-20-57(21-19-56)41-10-4-8-36(53-41)39-28-50-40-13-14-42(55-59(39)40)58-17-5-9-38(58)32-6-3-7-33(47)26-32/h3-4,6-8,10-14,26-28,38,48H,5,9,15-25,29H2,1-2H3,(H,49,62)(H,52,61)(H,51,54,63)/t38-/m1/s1. The zero-order valence-electron chi connectivity index (χ0n) is 37.7. The smallest absolute Gasteiger partial charge is 0.348 e. The largest absolute Gasteiger partial charge is 0.383 e. The Labute approximate surface area is 395 Å². The first kappa shape index (κ1) is 47.4. The first-order valence-corrected chi connectivity index (χ1v) is 23.1. The fraction of sp³-hybridized carbons (Fsp3) is 0.370. The van der Waals surface area contributed by atoms with Gasteiger partial charge in [-0.1, -0.05) is 18.2 Å². The van der Waals surface area contributed by atoms with Gasteiger partial charge in [-0.2, -0.15) is 0 Å². The van der Waals surface area contributed by atoms with Crippen LogP contribution in [-0.2, 0) is 19.1 Å². The number of benzene rings is 2. The third-order valence-corrected chi connectivity index (χ3v) is 12.5. The van der Waals surface area contributed by atoms with Gasteiger partial charge in [0.05, 0.1) is 67.1 Å². The van der Waals surface area contributed by atoms with Crippen LogP contribution in [0.15, 0.2) is 79.0 Å². The van der Waals surface area contributed by atoms with Crippen molar-refractivity contribution in [2.24, 2.45) is 0 Å². The summed E-state index contributed by atoms with van der Waals surface area (Å²) in [7, 11) is 0. The van der Waals surface area contributed by atoms with Crippen molar-refractivity contribution in [3.63, 3.8) is 0 Å². The van der Waals surface area contributed by atoms with E-state index in [1.165, 1.54) is 26.0 Å². The molecule has 22 heteroatoms. The fourth-order valence-electron chi connectivity index (χ4n) is 8.20. The van der Waals surface area contributed by atoms with Gasteiger partial charge in [0.1, 0.15) is 28.8 Å². The monoisotopic (exact) mass is 949 g/mol. The molecule has 2 aliphatic heterocycles. The number of carbonyl (C=O) groups excluding carboxylic acids is 3. The number of anilines is 5. The Kier molecular flexibility index (Phi) is 15.4. The molecule has 0 radical (unpaired) electrons. The number of pyridine rings is 1. The number of nitro groups is 1. The second-order valence-corrected chi connectivity index (χ2v) is 17.2. The van der Waals surface area contributed by atoms with Crippen LogP contribution in [0.25, 0.3) is 17.0 Å². The summed E-state index contributed by atoms with van der Waals surface area (Å²) in [4.78, 5) is 68.5. The summed E-state index contributed by atoms with van der Waals surface area (Å²) in [6.45, 7) is 8.93. The van der Waals surface area contributed by atoms with E-state index in [1.807, 2.05) is 40.9 Å². The normalized spacial score (nSPS) is 15.1. The van der Waals surface area contributed by atoms with Gasteiger partial charge in [-0.05, 0) is 91.3 Å². The Balaban J connectivity index is 0.714. The fourth-order valence-corrected chi connectivity index (χ4v) is 8.98. The number of rotatable bonds is 20. The van der Waals surface area contributed by atoms with E-state index in [0.717, 1.165) is 59.3 Å². The molecule has 356 valence electrons. The quantitative estimate of drug-likeness (QED) is 0.0419. The number of carbonyl (C=O) groups is 3. The molecule has 4 N–H and O–H groups in total. The number of piperazine rings is 1. The summed E-state index contributed by atoms with van der Waals surface area (Å²) >= 11 is 0.751. The summed E-state index contributed by atoms with van der Waals surface area (Å²) in [5.41, 5.74) is 4.43. The molecule has 3 amide bonds. The van der Waals surface area contributed by atoms with E-state index in [9.17, 15) is 28.9 Å². The van der Waals surface area contributed by atoms with E-state index in [0.29, 0.717) is 77.0 Å². The second-order valence-electron chi connectivity index (χ2n) is 16.2. The SMILES string of the molecule is CC(=O)Nc1cc(NCCOCCOCCNC(=O)CN2CCN(c3cccc(-c4cnc5ccc(N6CCC[C@@H]6c6cccc(F)c6)nn45)n3)CC2)ccc1C(=O)Nc1nc(C)c([N+](=O)[O-])s1. The van der Waals surface area contributed by atoms with Crippen molar-refractivity contribution >= 4 is 67.8 Å². The minimum Gasteiger partial charge on any atom is -0.383 e. The molecule has 2 saturated heterocycles. The van der Waals surface area contributed by atoms with Crippen LogP contribution in [0.5, 0.6) is 0 Å². The highest BCUT2D eigenvalue weighted by Crippen LogP contribution is 2.36. The molecule has 2 aliphatic rings. The molecule has 6 aromatic rings. The summed E-state index contributed by atoms with van der Waals surface area (Å²) in [6.07, 6.45) is 3.70. The summed E-state index contributed by atoms with van der Waals surface area (Å²) in [6, 6.07) is 21.5. The number of amides is 3. The number of hydrogen-bond donors (Lipinski definition) is 4. The van der Waals surface area contributed by atoms with E-state index in [-0.39, 0.29) is 57.3 Å². The zero-order chi connectivity index (χ0) is 47.6. The summed E-state index contributed by atoms with van der Waals surface area (Å²) < 4.78 is 27.2. The molecule has 0 saturated carbocycles. The van der Waals surface area contributed by atoms with E-state index >= 15 is 0 Å². The number of nitrogens with zero attached hydrogens (tertiary/aromatic N) is 9. The summed E-state index contributed by atoms with van der Waals surface area (Å²) in [5.74, 6) is 0.378. The Hall–Kier alpha value is -7.14. The average molecular weight is 950 g/mol. The maximum atomic E-state index is 14.1. The molecule has 2 aromatic carbocycles. The first-order chi connectivity index (χ1) is 33.0. The molecule has 2 fully saturated rings. The molecule has 8 rings (SSSR count). The molecule has 0 aliphatic carbocycles. The highest BCUT2D eigenvalue weighted by molar-refractivity contribution is 7.19. The van der Waals surface area contributed by atoms with Gasteiger partial charge >= 0.3 is 5.00 Å². The highest BCUT2D eigenvalue weighted by atomic mass is 32.1. The van der Waals surface area contributed by atoms with Crippen molar-refractivity contribution in [1.82, 2.24) is 34.8 Å². The third kappa shape index (κ3) is 11.9. The van der Waals surface area contributed by atoms with Crippen LogP contribution in [0.3, 0.4) is 0 Å². The lowest BCUT2D eigenvalue weighted by atomic mass is 10.0. The number of aryl methyl sites for hydroxylation is 1. The van der Waals surface area contributed by atoms with E-state index in [4.69, 9.17) is 19.6 Å². The lowest BCUT2D eigenvalue weighted by Crippen LogP contribution is -2.50. The molecule has 20 nitrogen and oxygen atoms in total. The Morgan fingerprint density at radius 3 is 2.46 bits per heavy atom. The molecule has 68 heavy (non-hydrogen) atoms. The minimum atomic E-state index is -0.578. The Morgan fingerprint density at radius 1 is 0.897 bits per heavy atom. The van der Waals surface area contributed by atoms with Gasteiger partial charge in [-0.25, -0.2) is 23.9 Å². The van der Waals surface area contributed by atoms with Crippen LogP contribution in [0.4, 0.5) is 37.5 Å². The van der Waals surface area contributed by atoms with Crippen LogP contribution in [0.2, 0.25) is 0 Å². The van der Waals surface area contributed by atoms with E-state index < -0.39 is 10.8 Å². The molecular weight excluding hydrogens is 898 g/mol. The number of thiazole rings is 1. The second kappa shape index (κ2) is 22.1. The number of imidazole rings is 1. The number of ether oxygens (including phenoxy) is 2. The first-order valence-electron chi connectivity index (χ1n) is 22.3. The van der Waals surface area contributed by atoms with Crippen molar-refractivity contribution in [2.75, 3.05) is 105 Å². The predicted octanol–water partition coefficient (Wildman–Crippen LogP) is 5.54. The molecular formula is C46H52FN13O7S. The van der Waals surface area contributed by atoms with Crippen molar-refractivity contribution in [2.45, 2.75) is 32.7 Å². The molecule has 6 heterocycles. The molecule has 0 bridgehead atoms. The van der Waals surface area contributed by atoms with Crippen LogP contribution >= 0.6 is 11.3 Å². The number of hydrogen-bond acceptors (Lipinski definition) is 16. The predicted molar refractivity (Wildman–Crippen MR) is 256 cm³/mol. The van der Waals surface area contributed by atoms with Gasteiger partial charge < -0.3 is 35.2 Å². The molecule has 1 atom stereocenters. The molecule has 4 aromatic heterocycles. The van der Waals surface area contributed by atoms with Crippen LogP contribution in [0, 0.1) is 22.9 Å². The van der Waals surface area contributed by atoms with Crippen molar-refractivity contribution in [3.05, 3.63) is 112 Å². The number of halogens is 1. The average Bonchev–Trinajstić information content (AvgIpc) is 4.08. The number of aromatic nitrogens is 5. The Bertz CT molecular complexity index is 2760. The lowest BCUT2D eigenvalue weighted by Gasteiger charge is -2.35. The molecule has 0 spiro atoms. The van der Waals surface area contributed by atoms with Gasteiger partial charge in [0, 0.05) is 58.4 Å². The van der Waals surface area contributed by atoms with E-state index in [1.54, 1.807) is 30.5 Å². The summed E-state index contributed by atoms with van der Waals surface area (Å²) in [5, 5.41) is 27.4. The van der Waals surface area contributed by atoms with Crippen LogP contribution in [0.1, 0.15) is 47.4 Å². The van der Waals surface area contributed by atoms with Crippen LogP contribution in [-0.4, -0.2) is 131 Å². The van der Waals surface area contributed by atoms with Crippen molar-refractivity contribution < 1.29 is 33.2 Å². The highest BCUT2D eigenvalue weighted by Gasteiger charge is 2.29. The number of fused-ring (bicyclic) bond motifs is 1. The van der Waals surface area contributed by atoms with Gasteiger partial charge in [-0.15, -0.1) is 5.10 Å². The van der Waals surface area contributed by atoms with Crippen molar-refractivity contribution in [3.8, 4) is 11.4 Å². The lowest BCUT2D eigenvalue weighted by molar-refractivity contribution is -0.380. The third-order valence-electron chi connectivity index (χ3n) is 11.4. The molecule has 0 unspecified atom stereocenters.